The molecule has 3 N–H and O–H groups in total. The second-order valence-corrected chi connectivity index (χ2v) is 6.45. The van der Waals surface area contributed by atoms with Crippen LogP contribution in [0.25, 0.3) is 0 Å². The van der Waals surface area contributed by atoms with Crippen molar-refractivity contribution in [1.82, 2.24) is 10.2 Å². The van der Waals surface area contributed by atoms with Crippen LogP contribution in [0, 0.1) is 11.3 Å². The number of likely N-dealkylation sites (tertiary alicyclic amines) is 1. The molecule has 126 valence electrons. The van der Waals surface area contributed by atoms with Crippen molar-refractivity contribution in [3.63, 3.8) is 0 Å². The lowest BCUT2D eigenvalue weighted by Gasteiger charge is -2.34. The SMILES string of the molecule is C=C/C(C#N)=C\C=C(/N)NC1CCN(C(=O)OC(C)(C)C)CC1. The average molecular weight is 318 g/mol. The van der Waals surface area contributed by atoms with Crippen LogP contribution < -0.4 is 11.1 Å². The number of nitrogens with two attached hydrogens (primary N) is 1. The predicted molar refractivity (Wildman–Crippen MR) is 90.1 cm³/mol. The first kappa shape index (κ1) is 18.6. The number of allylic oxidation sites excluding steroid dienone is 4. The number of carbonyl (C=O) groups excluding carboxylic acids is 1. The van der Waals surface area contributed by atoms with Gasteiger partial charge in [0.05, 0.1) is 17.5 Å². The molecule has 23 heavy (non-hydrogen) atoms. The van der Waals surface area contributed by atoms with Crippen LogP contribution in [0.15, 0.2) is 36.2 Å². The number of carbonyl (C=O) groups is 1. The molecule has 0 aliphatic carbocycles. The van der Waals surface area contributed by atoms with Gasteiger partial charge in [0.2, 0.25) is 0 Å². The number of ether oxygens (including phenoxy) is 1. The quantitative estimate of drug-likeness (QED) is 0.613. The van der Waals surface area contributed by atoms with Gasteiger partial charge in [-0.2, -0.15) is 5.26 Å². The number of nitrogens with one attached hydrogen (secondary N) is 1. The maximum absolute atomic E-state index is 12.0. The van der Waals surface area contributed by atoms with E-state index in [9.17, 15) is 4.79 Å². The topological polar surface area (TPSA) is 91.4 Å². The minimum Gasteiger partial charge on any atom is -0.444 e. The lowest BCUT2D eigenvalue weighted by atomic mass is 10.1. The molecular weight excluding hydrogens is 292 g/mol. The number of nitriles is 1. The maximum Gasteiger partial charge on any atom is 0.410 e. The van der Waals surface area contributed by atoms with Crippen LogP contribution >= 0.6 is 0 Å². The van der Waals surface area contributed by atoms with E-state index in [1.807, 2.05) is 26.8 Å². The number of piperidine rings is 1. The van der Waals surface area contributed by atoms with Gasteiger partial charge in [0.1, 0.15) is 5.60 Å². The van der Waals surface area contributed by atoms with Gasteiger partial charge in [-0.25, -0.2) is 4.79 Å². The summed E-state index contributed by atoms with van der Waals surface area (Å²) in [4.78, 5) is 13.7. The molecule has 1 rings (SSSR count). The zero-order valence-electron chi connectivity index (χ0n) is 14.1. The Balaban J connectivity index is 2.46. The van der Waals surface area contributed by atoms with Gasteiger partial charge in [0, 0.05) is 19.1 Å². The smallest absolute Gasteiger partial charge is 0.410 e. The van der Waals surface area contributed by atoms with Gasteiger partial charge in [-0.3, -0.25) is 0 Å². The molecule has 0 saturated carbocycles. The third-order valence-corrected chi connectivity index (χ3v) is 3.31. The molecule has 0 bridgehead atoms. The van der Waals surface area contributed by atoms with E-state index in [1.165, 1.54) is 6.08 Å². The number of hydrogen-bond acceptors (Lipinski definition) is 5. The van der Waals surface area contributed by atoms with Gasteiger partial charge in [0.25, 0.3) is 0 Å². The van der Waals surface area contributed by atoms with Crippen molar-refractivity contribution in [3.8, 4) is 6.07 Å². The molecule has 0 spiro atoms. The molecule has 1 heterocycles. The van der Waals surface area contributed by atoms with Crippen molar-refractivity contribution in [2.24, 2.45) is 5.73 Å². The summed E-state index contributed by atoms with van der Waals surface area (Å²) in [5.74, 6) is 0.496. The van der Waals surface area contributed by atoms with Gasteiger partial charge in [-0.1, -0.05) is 12.7 Å². The Bertz CT molecular complexity index is 530. The number of amides is 1. The normalized spacial score (nSPS) is 17.4. The van der Waals surface area contributed by atoms with Gasteiger partial charge >= 0.3 is 6.09 Å². The van der Waals surface area contributed by atoms with E-state index >= 15 is 0 Å². The number of hydrogen-bond donors (Lipinski definition) is 2. The van der Waals surface area contributed by atoms with Crippen molar-refractivity contribution >= 4 is 6.09 Å². The third kappa shape index (κ3) is 6.92. The molecule has 1 saturated heterocycles. The van der Waals surface area contributed by atoms with Crippen LogP contribution in [-0.4, -0.2) is 35.7 Å². The predicted octanol–water partition coefficient (Wildman–Crippen LogP) is 2.41. The molecule has 1 aliphatic rings. The summed E-state index contributed by atoms with van der Waals surface area (Å²) in [7, 11) is 0. The van der Waals surface area contributed by atoms with E-state index < -0.39 is 5.60 Å². The Morgan fingerprint density at radius 2 is 2.00 bits per heavy atom. The first-order valence-corrected chi connectivity index (χ1v) is 7.69. The summed E-state index contributed by atoms with van der Waals surface area (Å²) in [5.41, 5.74) is 5.87. The van der Waals surface area contributed by atoms with Crippen molar-refractivity contribution in [2.45, 2.75) is 45.3 Å². The largest absolute Gasteiger partial charge is 0.444 e. The highest BCUT2D eigenvalue weighted by atomic mass is 16.6. The lowest BCUT2D eigenvalue weighted by Crippen LogP contribution is -2.46. The first-order valence-electron chi connectivity index (χ1n) is 7.69. The highest BCUT2D eigenvalue weighted by molar-refractivity contribution is 5.68. The zero-order chi connectivity index (χ0) is 17.5. The first-order chi connectivity index (χ1) is 10.7. The van der Waals surface area contributed by atoms with Crippen LogP contribution in [0.1, 0.15) is 33.6 Å². The Morgan fingerprint density at radius 3 is 2.48 bits per heavy atom. The van der Waals surface area contributed by atoms with E-state index in [0.717, 1.165) is 12.8 Å². The van der Waals surface area contributed by atoms with Crippen LogP contribution in [0.2, 0.25) is 0 Å². The molecule has 1 aliphatic heterocycles. The summed E-state index contributed by atoms with van der Waals surface area (Å²) >= 11 is 0. The molecule has 6 heteroatoms. The Morgan fingerprint density at radius 1 is 1.39 bits per heavy atom. The summed E-state index contributed by atoms with van der Waals surface area (Å²) in [5, 5.41) is 12.0. The van der Waals surface area contributed by atoms with Gasteiger partial charge in [0.15, 0.2) is 0 Å². The van der Waals surface area contributed by atoms with Crippen LogP contribution in [0.3, 0.4) is 0 Å². The fourth-order valence-electron chi connectivity index (χ4n) is 2.15. The minimum atomic E-state index is -0.477. The highest BCUT2D eigenvalue weighted by Gasteiger charge is 2.26. The lowest BCUT2D eigenvalue weighted by molar-refractivity contribution is 0.0201. The van der Waals surface area contributed by atoms with Gasteiger partial charge in [-0.05, 0) is 45.8 Å². The number of nitrogens with zero attached hydrogens (tertiary/aromatic N) is 2. The Labute approximate surface area is 138 Å². The molecule has 0 radical (unpaired) electrons. The van der Waals surface area contributed by atoms with Crippen molar-refractivity contribution in [1.29, 1.82) is 5.26 Å². The van der Waals surface area contributed by atoms with Crippen molar-refractivity contribution in [2.75, 3.05) is 13.1 Å². The maximum atomic E-state index is 12.0. The van der Waals surface area contributed by atoms with E-state index in [-0.39, 0.29) is 12.1 Å². The molecule has 0 aromatic rings. The second kappa shape index (κ2) is 8.28. The molecule has 1 fully saturated rings. The molecule has 0 aromatic heterocycles. The fraction of sp³-hybridized carbons (Fsp3) is 0.529. The average Bonchev–Trinajstić information content (AvgIpc) is 2.47. The van der Waals surface area contributed by atoms with Crippen LogP contribution in [-0.2, 0) is 4.74 Å². The molecule has 0 aromatic carbocycles. The third-order valence-electron chi connectivity index (χ3n) is 3.31. The number of rotatable bonds is 4. The van der Waals surface area contributed by atoms with Gasteiger partial charge < -0.3 is 20.7 Å². The standard InChI is InChI=1S/C17H26N4O2/c1-5-13(12-18)6-7-15(19)20-14-8-10-21(11-9-14)16(22)23-17(2,3)4/h5-7,14,20H,1,8-11,19H2,2-4H3/b13-6+,15-7+. The molecule has 0 unspecified atom stereocenters. The Kier molecular flexibility index (Phi) is 6.70. The fourth-order valence-corrected chi connectivity index (χ4v) is 2.15. The zero-order valence-corrected chi connectivity index (χ0v) is 14.1. The molecule has 0 atom stereocenters. The monoisotopic (exact) mass is 318 g/mol. The van der Waals surface area contributed by atoms with Gasteiger partial charge in [-0.15, -0.1) is 0 Å². The summed E-state index contributed by atoms with van der Waals surface area (Å²) < 4.78 is 5.37. The van der Waals surface area contributed by atoms with Crippen LogP contribution in [0.5, 0.6) is 0 Å². The highest BCUT2D eigenvalue weighted by Crippen LogP contribution is 2.15. The van der Waals surface area contributed by atoms with E-state index in [4.69, 9.17) is 15.7 Å². The van der Waals surface area contributed by atoms with Crippen molar-refractivity contribution in [3.05, 3.63) is 36.2 Å². The second-order valence-electron chi connectivity index (χ2n) is 6.45. The molecular formula is C17H26N4O2. The summed E-state index contributed by atoms with van der Waals surface area (Å²) in [6.07, 6.45) is 6.06. The van der Waals surface area contributed by atoms with E-state index in [2.05, 4.69) is 11.9 Å². The van der Waals surface area contributed by atoms with Crippen LogP contribution in [0.4, 0.5) is 4.79 Å². The molecule has 6 nitrogen and oxygen atoms in total. The van der Waals surface area contributed by atoms with E-state index in [0.29, 0.717) is 24.5 Å². The molecule has 1 amide bonds. The van der Waals surface area contributed by atoms with E-state index in [1.54, 1.807) is 17.1 Å². The summed E-state index contributed by atoms with van der Waals surface area (Å²) in [6.45, 7) is 10.4. The Hall–Kier alpha value is -2.42. The minimum absolute atomic E-state index is 0.201. The summed E-state index contributed by atoms with van der Waals surface area (Å²) in [6, 6.07) is 2.21. The van der Waals surface area contributed by atoms with Crippen molar-refractivity contribution < 1.29 is 9.53 Å².